The lowest BCUT2D eigenvalue weighted by Crippen LogP contribution is -2.26. The van der Waals surface area contributed by atoms with Gasteiger partial charge in [-0.25, -0.2) is 0 Å². The summed E-state index contributed by atoms with van der Waals surface area (Å²) in [6.07, 6.45) is 0. The molecule has 0 unspecified atom stereocenters. The minimum absolute atomic E-state index is 0.163. The smallest absolute Gasteiger partial charge is 0.176 e. The number of rotatable bonds is 5. The van der Waals surface area contributed by atoms with Gasteiger partial charge in [-0.3, -0.25) is 4.79 Å². The summed E-state index contributed by atoms with van der Waals surface area (Å²) in [5.74, 6) is 0.742. The van der Waals surface area contributed by atoms with Gasteiger partial charge in [0.05, 0.1) is 6.54 Å². The fourth-order valence-corrected chi connectivity index (χ4v) is 1.32. The second-order valence-corrected chi connectivity index (χ2v) is 4.31. The van der Waals surface area contributed by atoms with E-state index in [1.165, 1.54) is 5.56 Å². The average Bonchev–Trinajstić information content (AvgIpc) is 2.18. The highest BCUT2D eigenvalue weighted by Gasteiger charge is 2.04. The van der Waals surface area contributed by atoms with E-state index in [1.54, 1.807) is 0 Å². The maximum absolute atomic E-state index is 11.7. The second kappa shape index (κ2) is 5.66. The van der Waals surface area contributed by atoms with Gasteiger partial charge >= 0.3 is 0 Å². The molecule has 0 saturated carbocycles. The maximum atomic E-state index is 11.7. The van der Waals surface area contributed by atoms with Gasteiger partial charge in [0.15, 0.2) is 5.78 Å². The van der Waals surface area contributed by atoms with Gasteiger partial charge in [0.2, 0.25) is 0 Å². The molecule has 0 amide bonds. The normalized spacial score (nSPS) is 10.7. The van der Waals surface area contributed by atoms with Crippen LogP contribution in [0.1, 0.15) is 29.8 Å². The van der Waals surface area contributed by atoms with Crippen LogP contribution < -0.4 is 5.32 Å². The molecule has 82 valence electrons. The zero-order valence-electron chi connectivity index (χ0n) is 9.71. The van der Waals surface area contributed by atoms with Crippen LogP contribution in [-0.4, -0.2) is 18.9 Å². The standard InChI is InChI=1S/C13H19NO/c1-10(2)8-14-9-13(15)12-6-4-11(3)5-7-12/h4-7,10,14H,8-9H2,1-3H3. The maximum Gasteiger partial charge on any atom is 0.176 e. The van der Waals surface area contributed by atoms with Crippen LogP contribution in [0.5, 0.6) is 0 Å². The van der Waals surface area contributed by atoms with Gasteiger partial charge in [0.25, 0.3) is 0 Å². The van der Waals surface area contributed by atoms with Gasteiger partial charge in [-0.15, -0.1) is 0 Å². The largest absolute Gasteiger partial charge is 0.309 e. The van der Waals surface area contributed by atoms with Crippen molar-refractivity contribution in [1.29, 1.82) is 0 Å². The third-order valence-corrected chi connectivity index (χ3v) is 2.21. The van der Waals surface area contributed by atoms with Crippen molar-refractivity contribution < 1.29 is 4.79 Å². The molecule has 0 fully saturated rings. The molecule has 1 aromatic rings. The molecule has 0 aromatic heterocycles. The highest BCUT2D eigenvalue weighted by atomic mass is 16.1. The Morgan fingerprint density at radius 2 is 1.87 bits per heavy atom. The zero-order valence-corrected chi connectivity index (χ0v) is 9.71. The monoisotopic (exact) mass is 205 g/mol. The van der Waals surface area contributed by atoms with E-state index < -0.39 is 0 Å². The molecule has 1 rings (SSSR count). The molecular formula is C13H19NO. The third-order valence-electron chi connectivity index (χ3n) is 2.21. The Balaban J connectivity index is 2.43. The Bertz CT molecular complexity index is 314. The Morgan fingerprint density at radius 1 is 1.27 bits per heavy atom. The lowest BCUT2D eigenvalue weighted by Gasteiger charge is -2.06. The fraction of sp³-hybridized carbons (Fsp3) is 0.462. The molecule has 0 spiro atoms. The van der Waals surface area contributed by atoms with Crippen molar-refractivity contribution in [2.45, 2.75) is 20.8 Å². The van der Waals surface area contributed by atoms with E-state index in [4.69, 9.17) is 0 Å². The van der Waals surface area contributed by atoms with E-state index >= 15 is 0 Å². The van der Waals surface area contributed by atoms with Crippen molar-refractivity contribution in [3.05, 3.63) is 35.4 Å². The van der Waals surface area contributed by atoms with Crippen molar-refractivity contribution >= 4 is 5.78 Å². The molecule has 0 aliphatic carbocycles. The Kier molecular flexibility index (Phi) is 4.50. The molecule has 1 aromatic carbocycles. The first-order valence-electron chi connectivity index (χ1n) is 5.40. The zero-order chi connectivity index (χ0) is 11.3. The predicted molar refractivity (Wildman–Crippen MR) is 63.2 cm³/mol. The first-order valence-corrected chi connectivity index (χ1v) is 5.40. The van der Waals surface area contributed by atoms with E-state index in [2.05, 4.69) is 19.2 Å². The number of aryl methyl sites for hydroxylation is 1. The minimum Gasteiger partial charge on any atom is -0.309 e. The molecule has 1 N–H and O–H groups in total. The van der Waals surface area contributed by atoms with Crippen LogP contribution in [0, 0.1) is 12.8 Å². The number of ketones is 1. The first kappa shape index (κ1) is 11.9. The predicted octanol–water partition coefficient (Wildman–Crippen LogP) is 2.42. The van der Waals surface area contributed by atoms with Crippen LogP contribution in [-0.2, 0) is 0 Å². The van der Waals surface area contributed by atoms with E-state index in [1.807, 2.05) is 31.2 Å². The summed E-state index contributed by atoms with van der Waals surface area (Å²) in [6, 6.07) is 7.70. The van der Waals surface area contributed by atoms with Crippen molar-refractivity contribution in [1.82, 2.24) is 5.32 Å². The number of hydrogen-bond acceptors (Lipinski definition) is 2. The van der Waals surface area contributed by atoms with Gasteiger partial charge in [0, 0.05) is 5.56 Å². The van der Waals surface area contributed by atoms with Crippen molar-refractivity contribution in [3.63, 3.8) is 0 Å². The van der Waals surface area contributed by atoms with Gasteiger partial charge in [0.1, 0.15) is 0 Å². The number of carbonyl (C=O) groups excluding carboxylic acids is 1. The number of nitrogens with one attached hydrogen (secondary N) is 1. The molecule has 2 nitrogen and oxygen atoms in total. The van der Waals surface area contributed by atoms with Crippen LogP contribution in [0.15, 0.2) is 24.3 Å². The molecule has 0 aliphatic heterocycles. The van der Waals surface area contributed by atoms with Crippen molar-refractivity contribution in [2.24, 2.45) is 5.92 Å². The third kappa shape index (κ3) is 4.26. The van der Waals surface area contributed by atoms with E-state index in [0.717, 1.165) is 12.1 Å². The molecule has 15 heavy (non-hydrogen) atoms. The van der Waals surface area contributed by atoms with Crippen LogP contribution in [0.2, 0.25) is 0 Å². The Labute approximate surface area is 91.7 Å². The number of Topliss-reactive ketones (excluding diaryl/α,β-unsaturated/α-hetero) is 1. The number of carbonyl (C=O) groups is 1. The molecule has 0 atom stereocenters. The van der Waals surface area contributed by atoms with E-state index in [-0.39, 0.29) is 5.78 Å². The topological polar surface area (TPSA) is 29.1 Å². The molecule has 0 saturated heterocycles. The van der Waals surface area contributed by atoms with Crippen molar-refractivity contribution in [3.8, 4) is 0 Å². The van der Waals surface area contributed by atoms with Crippen LogP contribution in [0.25, 0.3) is 0 Å². The van der Waals surface area contributed by atoms with Crippen LogP contribution in [0.3, 0.4) is 0 Å². The average molecular weight is 205 g/mol. The first-order chi connectivity index (χ1) is 7.09. The molecule has 0 radical (unpaired) electrons. The quantitative estimate of drug-likeness (QED) is 0.748. The van der Waals surface area contributed by atoms with Gasteiger partial charge in [-0.05, 0) is 19.4 Å². The number of benzene rings is 1. The van der Waals surface area contributed by atoms with Crippen LogP contribution >= 0.6 is 0 Å². The SMILES string of the molecule is Cc1ccc(C(=O)CNCC(C)C)cc1. The molecule has 0 bridgehead atoms. The van der Waals surface area contributed by atoms with Gasteiger partial charge < -0.3 is 5.32 Å². The minimum atomic E-state index is 0.163. The Morgan fingerprint density at radius 3 is 2.40 bits per heavy atom. The summed E-state index contributed by atoms with van der Waals surface area (Å²) < 4.78 is 0. The van der Waals surface area contributed by atoms with E-state index in [0.29, 0.717) is 12.5 Å². The fourth-order valence-electron chi connectivity index (χ4n) is 1.32. The molecule has 0 aliphatic rings. The molecule has 0 heterocycles. The summed E-state index contributed by atoms with van der Waals surface area (Å²) in [7, 11) is 0. The summed E-state index contributed by atoms with van der Waals surface area (Å²) in [5, 5.41) is 3.15. The highest BCUT2D eigenvalue weighted by Crippen LogP contribution is 2.03. The van der Waals surface area contributed by atoms with Crippen molar-refractivity contribution in [2.75, 3.05) is 13.1 Å². The Hall–Kier alpha value is -1.15. The molecule has 2 heteroatoms. The number of hydrogen-bond donors (Lipinski definition) is 1. The van der Waals surface area contributed by atoms with Crippen LogP contribution in [0.4, 0.5) is 0 Å². The molecular weight excluding hydrogens is 186 g/mol. The summed E-state index contributed by atoms with van der Waals surface area (Å²) in [4.78, 5) is 11.7. The summed E-state index contributed by atoms with van der Waals surface area (Å²) in [5.41, 5.74) is 1.97. The van der Waals surface area contributed by atoms with Gasteiger partial charge in [-0.1, -0.05) is 43.7 Å². The summed E-state index contributed by atoms with van der Waals surface area (Å²) >= 11 is 0. The van der Waals surface area contributed by atoms with Gasteiger partial charge in [-0.2, -0.15) is 0 Å². The second-order valence-electron chi connectivity index (χ2n) is 4.31. The van der Waals surface area contributed by atoms with E-state index in [9.17, 15) is 4.79 Å². The lowest BCUT2D eigenvalue weighted by molar-refractivity contribution is 0.0990. The summed E-state index contributed by atoms with van der Waals surface area (Å²) in [6.45, 7) is 7.59. The highest BCUT2D eigenvalue weighted by molar-refractivity contribution is 5.97. The lowest BCUT2D eigenvalue weighted by atomic mass is 10.1.